The average molecular weight is 329 g/mol. The van der Waals surface area contributed by atoms with Gasteiger partial charge >= 0.3 is 0 Å². The number of halogens is 1. The number of hydrogen-bond donors (Lipinski definition) is 2. The van der Waals surface area contributed by atoms with E-state index in [0.717, 1.165) is 12.8 Å². The molecule has 0 saturated heterocycles. The summed E-state index contributed by atoms with van der Waals surface area (Å²) in [7, 11) is -3.84. The molecule has 3 N–H and O–H groups in total. The fraction of sp³-hybridized carbons (Fsp3) is 0.500. The van der Waals surface area contributed by atoms with Crippen LogP contribution in [0.1, 0.15) is 25.7 Å². The molecular weight excluding hydrogens is 312 g/mol. The molecule has 3 rings (SSSR count). The Hall–Kier alpha value is -1.11. The quantitative estimate of drug-likeness (QED) is 0.892. The van der Waals surface area contributed by atoms with Crippen LogP contribution in [0.15, 0.2) is 23.1 Å². The van der Waals surface area contributed by atoms with Gasteiger partial charge in [0, 0.05) is 11.6 Å². The number of hydrogen-bond acceptors (Lipinski definition) is 3. The third kappa shape index (κ3) is 2.93. The van der Waals surface area contributed by atoms with E-state index in [-0.39, 0.29) is 21.7 Å². The van der Waals surface area contributed by atoms with Gasteiger partial charge in [0.25, 0.3) is 0 Å². The number of nitrogens with one attached hydrogen (secondary N) is 1. The molecule has 2 atom stereocenters. The lowest BCUT2D eigenvalue weighted by Gasteiger charge is -2.07. The molecule has 0 aliphatic heterocycles. The minimum atomic E-state index is -3.84. The van der Waals surface area contributed by atoms with Gasteiger partial charge in [-0.2, -0.15) is 0 Å². The normalized spacial score (nSPS) is 27.8. The lowest BCUT2D eigenvalue weighted by molar-refractivity contribution is -0.117. The Kier molecular flexibility index (Phi) is 3.71. The first-order valence-corrected chi connectivity index (χ1v) is 8.93. The van der Waals surface area contributed by atoms with Crippen LogP contribution in [-0.4, -0.2) is 14.3 Å². The van der Waals surface area contributed by atoms with E-state index in [1.165, 1.54) is 31.0 Å². The summed E-state index contributed by atoms with van der Waals surface area (Å²) in [5, 5.41) is 7.88. The first-order chi connectivity index (χ1) is 9.88. The first kappa shape index (κ1) is 14.8. The number of rotatable bonds is 3. The van der Waals surface area contributed by atoms with Gasteiger partial charge in [-0.15, -0.1) is 0 Å². The van der Waals surface area contributed by atoms with E-state index in [2.05, 4.69) is 5.32 Å². The smallest absolute Gasteiger partial charge is 0.239 e. The zero-order chi connectivity index (χ0) is 15.2. The van der Waals surface area contributed by atoms with Crippen LogP contribution in [0.25, 0.3) is 0 Å². The number of carbonyl (C=O) groups excluding carboxylic acids is 1. The Morgan fingerprint density at radius 3 is 2.38 bits per heavy atom. The predicted molar refractivity (Wildman–Crippen MR) is 80.4 cm³/mol. The summed E-state index contributed by atoms with van der Waals surface area (Å²) in [4.78, 5) is 12.1. The van der Waals surface area contributed by atoms with Gasteiger partial charge < -0.3 is 5.32 Å². The molecule has 2 fully saturated rings. The molecule has 1 aromatic rings. The second kappa shape index (κ2) is 5.26. The fourth-order valence-corrected chi connectivity index (χ4v) is 4.51. The van der Waals surface area contributed by atoms with Crippen molar-refractivity contribution in [2.75, 3.05) is 5.32 Å². The SMILES string of the molecule is NS(=O)(=O)c1ccc(NC(=O)C2C3CCCCC32)cc1Cl. The van der Waals surface area contributed by atoms with Crippen molar-refractivity contribution >= 4 is 33.2 Å². The van der Waals surface area contributed by atoms with Crippen LogP contribution in [0.4, 0.5) is 5.69 Å². The summed E-state index contributed by atoms with van der Waals surface area (Å²) in [6.45, 7) is 0. The maximum Gasteiger partial charge on any atom is 0.239 e. The highest BCUT2D eigenvalue weighted by Crippen LogP contribution is 2.55. The summed E-state index contributed by atoms with van der Waals surface area (Å²) >= 11 is 5.90. The molecule has 7 heteroatoms. The van der Waals surface area contributed by atoms with Crippen molar-refractivity contribution in [2.24, 2.45) is 22.9 Å². The minimum Gasteiger partial charge on any atom is -0.326 e. The molecule has 0 bridgehead atoms. The van der Waals surface area contributed by atoms with Gasteiger partial charge in [-0.25, -0.2) is 13.6 Å². The molecule has 2 aliphatic rings. The monoisotopic (exact) mass is 328 g/mol. The molecule has 21 heavy (non-hydrogen) atoms. The number of carbonyl (C=O) groups is 1. The molecular formula is C14H17ClN2O3S. The fourth-order valence-electron chi connectivity index (χ4n) is 3.42. The van der Waals surface area contributed by atoms with Gasteiger partial charge in [0.05, 0.1) is 5.02 Å². The average Bonchev–Trinajstić information content (AvgIpc) is 3.11. The molecule has 2 saturated carbocycles. The number of nitrogens with two attached hydrogens (primary N) is 1. The number of benzene rings is 1. The van der Waals surface area contributed by atoms with Crippen LogP contribution < -0.4 is 10.5 Å². The summed E-state index contributed by atoms with van der Waals surface area (Å²) in [5.41, 5.74) is 0.501. The van der Waals surface area contributed by atoms with Crippen LogP contribution >= 0.6 is 11.6 Å². The summed E-state index contributed by atoms with van der Waals surface area (Å²) in [6.07, 6.45) is 4.68. The van der Waals surface area contributed by atoms with Crippen molar-refractivity contribution in [3.63, 3.8) is 0 Å². The molecule has 1 aromatic carbocycles. The van der Waals surface area contributed by atoms with Crippen molar-refractivity contribution in [3.05, 3.63) is 23.2 Å². The van der Waals surface area contributed by atoms with Crippen molar-refractivity contribution in [2.45, 2.75) is 30.6 Å². The van der Waals surface area contributed by atoms with E-state index in [4.69, 9.17) is 16.7 Å². The highest BCUT2D eigenvalue weighted by molar-refractivity contribution is 7.89. The van der Waals surface area contributed by atoms with Gasteiger partial charge in [0.15, 0.2) is 0 Å². The maximum absolute atomic E-state index is 12.2. The Balaban J connectivity index is 1.71. The van der Waals surface area contributed by atoms with Crippen LogP contribution in [0, 0.1) is 17.8 Å². The summed E-state index contributed by atoms with van der Waals surface area (Å²) in [5.74, 6) is 1.16. The van der Waals surface area contributed by atoms with Crippen LogP contribution in [0.5, 0.6) is 0 Å². The maximum atomic E-state index is 12.2. The van der Waals surface area contributed by atoms with Crippen molar-refractivity contribution in [1.82, 2.24) is 0 Å². The standard InChI is InChI=1S/C14H17ClN2O3S/c15-11-7-8(5-6-12(11)21(16,19)20)17-14(18)13-9-3-1-2-4-10(9)13/h5-7,9-10,13H,1-4H2,(H,17,18)(H2,16,19,20). The van der Waals surface area contributed by atoms with E-state index in [0.29, 0.717) is 17.5 Å². The number of anilines is 1. The van der Waals surface area contributed by atoms with Gasteiger partial charge in [-0.05, 0) is 42.9 Å². The Morgan fingerprint density at radius 2 is 1.86 bits per heavy atom. The summed E-state index contributed by atoms with van der Waals surface area (Å²) in [6, 6.07) is 4.24. The molecule has 0 heterocycles. The Bertz CT molecular complexity index is 677. The van der Waals surface area contributed by atoms with E-state index in [1.807, 2.05) is 0 Å². The van der Waals surface area contributed by atoms with Crippen LogP contribution in [-0.2, 0) is 14.8 Å². The second-order valence-corrected chi connectivity index (χ2v) is 7.75. The minimum absolute atomic E-state index is 0.00585. The third-order valence-corrected chi connectivity index (χ3v) is 5.86. The molecule has 114 valence electrons. The highest BCUT2D eigenvalue weighted by atomic mass is 35.5. The highest BCUT2D eigenvalue weighted by Gasteiger charge is 2.54. The van der Waals surface area contributed by atoms with Gasteiger partial charge in [0.2, 0.25) is 15.9 Å². The number of primary sulfonamides is 1. The molecule has 0 spiro atoms. The topological polar surface area (TPSA) is 89.3 Å². The van der Waals surface area contributed by atoms with Crippen molar-refractivity contribution < 1.29 is 13.2 Å². The van der Waals surface area contributed by atoms with Crippen LogP contribution in [0.3, 0.4) is 0 Å². The molecule has 1 amide bonds. The molecule has 0 aromatic heterocycles. The molecule has 2 unspecified atom stereocenters. The number of fused-ring (bicyclic) bond motifs is 1. The number of sulfonamides is 1. The Morgan fingerprint density at radius 1 is 1.24 bits per heavy atom. The van der Waals surface area contributed by atoms with Crippen molar-refractivity contribution in [1.29, 1.82) is 0 Å². The Labute approximate surface area is 128 Å². The molecule has 5 nitrogen and oxygen atoms in total. The largest absolute Gasteiger partial charge is 0.326 e. The second-order valence-electron chi connectivity index (χ2n) is 5.82. The third-order valence-electron chi connectivity index (χ3n) is 4.47. The lowest BCUT2D eigenvalue weighted by Crippen LogP contribution is -2.16. The zero-order valence-electron chi connectivity index (χ0n) is 11.4. The molecule has 0 radical (unpaired) electrons. The van der Waals surface area contributed by atoms with E-state index in [9.17, 15) is 13.2 Å². The lowest BCUT2D eigenvalue weighted by atomic mass is 10.0. The van der Waals surface area contributed by atoms with E-state index >= 15 is 0 Å². The number of amides is 1. The van der Waals surface area contributed by atoms with Gasteiger partial charge in [0.1, 0.15) is 4.90 Å². The summed E-state index contributed by atoms with van der Waals surface area (Å²) < 4.78 is 22.6. The van der Waals surface area contributed by atoms with Crippen molar-refractivity contribution in [3.8, 4) is 0 Å². The van der Waals surface area contributed by atoms with E-state index in [1.54, 1.807) is 0 Å². The zero-order valence-corrected chi connectivity index (χ0v) is 13.0. The van der Waals surface area contributed by atoms with Gasteiger partial charge in [-0.1, -0.05) is 24.4 Å². The van der Waals surface area contributed by atoms with Gasteiger partial charge in [-0.3, -0.25) is 4.79 Å². The first-order valence-electron chi connectivity index (χ1n) is 7.01. The van der Waals surface area contributed by atoms with E-state index < -0.39 is 10.0 Å². The predicted octanol–water partition coefficient (Wildman–Crippen LogP) is 2.36. The van der Waals surface area contributed by atoms with Crippen LogP contribution in [0.2, 0.25) is 5.02 Å². The molecule has 2 aliphatic carbocycles.